The van der Waals surface area contributed by atoms with E-state index in [-0.39, 0.29) is 18.2 Å². The third-order valence-electron chi connectivity index (χ3n) is 5.29. The number of aliphatic hydroxyl groups is 1. The van der Waals surface area contributed by atoms with Crippen molar-refractivity contribution in [2.75, 3.05) is 17.1 Å². The van der Waals surface area contributed by atoms with Gasteiger partial charge in [-0.25, -0.2) is 8.42 Å². The van der Waals surface area contributed by atoms with Gasteiger partial charge in [-0.05, 0) is 36.2 Å². The highest BCUT2D eigenvalue weighted by molar-refractivity contribution is 7.92. The first-order valence-electron chi connectivity index (χ1n) is 10.1. The lowest BCUT2D eigenvalue weighted by Crippen LogP contribution is -2.28. The highest BCUT2D eigenvalue weighted by Gasteiger charge is 2.35. The van der Waals surface area contributed by atoms with E-state index in [0.717, 1.165) is 5.69 Å². The number of nitrogens with one attached hydrogen (secondary N) is 1. The van der Waals surface area contributed by atoms with Gasteiger partial charge in [-0.15, -0.1) is 0 Å². The fourth-order valence-electron chi connectivity index (χ4n) is 3.81. The summed E-state index contributed by atoms with van der Waals surface area (Å²) in [6.45, 7) is 0.258. The molecule has 1 aliphatic heterocycles. The number of benzene rings is 2. The van der Waals surface area contributed by atoms with E-state index in [9.17, 15) is 26.7 Å². The van der Waals surface area contributed by atoms with Gasteiger partial charge in [0.1, 0.15) is 5.75 Å². The van der Waals surface area contributed by atoms with E-state index in [0.29, 0.717) is 28.9 Å². The fourth-order valence-corrected chi connectivity index (χ4v) is 4.83. The first kappa shape index (κ1) is 23.1. The number of nitrogens with zero attached hydrogens (tertiary/aromatic N) is 1. The lowest BCUT2D eigenvalue weighted by atomic mass is 9.88. The van der Waals surface area contributed by atoms with Gasteiger partial charge in [0, 0.05) is 28.9 Å². The van der Waals surface area contributed by atoms with Crippen LogP contribution in [0, 0.1) is 5.92 Å². The van der Waals surface area contributed by atoms with Gasteiger partial charge in [0.25, 0.3) is 0 Å². The quantitative estimate of drug-likeness (QED) is 0.550. The molecule has 3 aromatic rings. The van der Waals surface area contributed by atoms with Crippen LogP contribution in [-0.2, 0) is 16.4 Å². The van der Waals surface area contributed by atoms with Gasteiger partial charge in [0.15, 0.2) is 5.75 Å². The van der Waals surface area contributed by atoms with Crippen molar-refractivity contribution in [2.24, 2.45) is 5.92 Å². The number of anilines is 1. The Kier molecular flexibility index (Phi) is 6.31. The molecule has 2 heterocycles. The molecule has 4 rings (SSSR count). The summed E-state index contributed by atoms with van der Waals surface area (Å²) in [5.41, 5.74) is 2.37. The van der Waals surface area contributed by atoms with Crippen molar-refractivity contribution >= 4 is 15.7 Å². The number of fused-ring (bicyclic) bond motifs is 1. The smallest absolute Gasteiger partial charge is 0.404 e. The van der Waals surface area contributed by atoms with Crippen LogP contribution in [0.25, 0.3) is 11.1 Å². The maximum absolute atomic E-state index is 12.6. The van der Waals surface area contributed by atoms with Crippen LogP contribution in [-0.4, -0.2) is 37.0 Å². The van der Waals surface area contributed by atoms with Crippen LogP contribution in [0.2, 0.25) is 0 Å². The maximum atomic E-state index is 12.6. The van der Waals surface area contributed by atoms with E-state index < -0.39 is 28.1 Å². The number of alkyl halides is 3. The Morgan fingerprint density at radius 1 is 1.09 bits per heavy atom. The highest BCUT2D eigenvalue weighted by Crippen LogP contribution is 2.40. The predicted molar refractivity (Wildman–Crippen MR) is 117 cm³/mol. The molecule has 33 heavy (non-hydrogen) atoms. The predicted octanol–water partition coefficient (Wildman–Crippen LogP) is 4.34. The maximum Gasteiger partial charge on any atom is 0.404 e. The van der Waals surface area contributed by atoms with Crippen molar-refractivity contribution in [2.45, 2.75) is 18.7 Å². The Balaban J connectivity index is 1.58. The lowest BCUT2D eigenvalue weighted by molar-refractivity contribution is -0.106. The second kappa shape index (κ2) is 9.03. The topological polar surface area (TPSA) is 88.5 Å². The average Bonchev–Trinajstić information content (AvgIpc) is 2.75. The standard InChI is InChI=1S/C23H21F3N2O4S/c24-23(25,26)14-33(30,31)28-20-7-2-1-6-18(20)15-8-9-19-21(12-15)32-13-16(22(19)29)11-17-5-3-4-10-27-17/h1-10,12,16,22,28-29H,11,13-14H2. The zero-order valence-corrected chi connectivity index (χ0v) is 18.1. The molecule has 0 saturated carbocycles. The second-order valence-corrected chi connectivity index (χ2v) is 9.54. The summed E-state index contributed by atoms with van der Waals surface area (Å²) in [6.07, 6.45) is -3.42. The van der Waals surface area contributed by atoms with Crippen LogP contribution in [0.4, 0.5) is 18.9 Å². The van der Waals surface area contributed by atoms with Crippen molar-refractivity contribution in [1.82, 2.24) is 4.98 Å². The van der Waals surface area contributed by atoms with E-state index in [1.54, 1.807) is 36.5 Å². The largest absolute Gasteiger partial charge is 0.493 e. The molecule has 2 N–H and O–H groups in total. The van der Waals surface area contributed by atoms with Gasteiger partial charge in [-0.1, -0.05) is 36.4 Å². The van der Waals surface area contributed by atoms with Gasteiger partial charge in [-0.2, -0.15) is 13.2 Å². The number of para-hydroxylation sites is 1. The summed E-state index contributed by atoms with van der Waals surface area (Å²) in [5.74, 6) is -1.74. The van der Waals surface area contributed by atoms with Crippen LogP contribution in [0.15, 0.2) is 66.9 Å². The van der Waals surface area contributed by atoms with Crippen molar-refractivity contribution in [1.29, 1.82) is 0 Å². The summed E-state index contributed by atoms with van der Waals surface area (Å²) >= 11 is 0. The van der Waals surface area contributed by atoms with E-state index in [2.05, 4.69) is 4.98 Å². The van der Waals surface area contributed by atoms with Gasteiger partial charge in [-0.3, -0.25) is 9.71 Å². The van der Waals surface area contributed by atoms with E-state index >= 15 is 0 Å². The number of hydrogen-bond acceptors (Lipinski definition) is 5. The number of sulfonamides is 1. The molecule has 0 fully saturated rings. The third kappa shape index (κ3) is 5.63. The van der Waals surface area contributed by atoms with Crippen LogP contribution < -0.4 is 9.46 Å². The number of pyridine rings is 1. The number of aromatic nitrogens is 1. The minimum atomic E-state index is -4.86. The second-order valence-electron chi connectivity index (χ2n) is 7.82. The van der Waals surface area contributed by atoms with Crippen molar-refractivity contribution in [3.05, 3.63) is 78.1 Å². The average molecular weight is 478 g/mol. The molecule has 0 amide bonds. The van der Waals surface area contributed by atoms with Crippen molar-refractivity contribution < 1.29 is 31.4 Å². The first-order valence-corrected chi connectivity index (χ1v) is 11.8. The van der Waals surface area contributed by atoms with Gasteiger partial charge in [0.2, 0.25) is 10.0 Å². The minimum Gasteiger partial charge on any atom is -0.493 e. The Morgan fingerprint density at radius 2 is 1.85 bits per heavy atom. The zero-order valence-electron chi connectivity index (χ0n) is 17.3. The number of halogens is 3. The Bertz CT molecular complexity index is 1230. The molecular weight excluding hydrogens is 457 g/mol. The van der Waals surface area contributed by atoms with Crippen molar-refractivity contribution in [3.63, 3.8) is 0 Å². The molecule has 1 aromatic heterocycles. The monoisotopic (exact) mass is 478 g/mol. The van der Waals surface area contributed by atoms with Crippen molar-refractivity contribution in [3.8, 4) is 16.9 Å². The lowest BCUT2D eigenvalue weighted by Gasteiger charge is -2.30. The molecule has 2 atom stereocenters. The fraction of sp³-hybridized carbons (Fsp3) is 0.261. The number of ether oxygens (including phenoxy) is 1. The Morgan fingerprint density at radius 3 is 2.58 bits per heavy atom. The van der Waals surface area contributed by atoms with E-state index in [4.69, 9.17) is 4.74 Å². The summed E-state index contributed by atoms with van der Waals surface area (Å²) in [6, 6.07) is 16.7. The summed E-state index contributed by atoms with van der Waals surface area (Å²) in [5, 5.41) is 10.9. The molecule has 6 nitrogen and oxygen atoms in total. The molecule has 0 saturated heterocycles. The Labute approximate surface area is 189 Å². The van der Waals surface area contributed by atoms with E-state index in [1.807, 2.05) is 22.9 Å². The number of aliphatic hydroxyl groups excluding tert-OH is 1. The van der Waals surface area contributed by atoms with Crippen LogP contribution >= 0.6 is 0 Å². The van der Waals surface area contributed by atoms with Gasteiger partial charge in [0.05, 0.1) is 18.4 Å². The zero-order chi connectivity index (χ0) is 23.6. The molecule has 2 unspecified atom stereocenters. The highest BCUT2D eigenvalue weighted by atomic mass is 32.2. The van der Waals surface area contributed by atoms with Crippen LogP contribution in [0.1, 0.15) is 17.4 Å². The Hall–Kier alpha value is -3.11. The normalized spacial score (nSPS) is 18.3. The molecule has 174 valence electrons. The first-order chi connectivity index (χ1) is 15.6. The molecular formula is C23H21F3N2O4S. The van der Waals surface area contributed by atoms with Gasteiger partial charge >= 0.3 is 6.18 Å². The molecule has 0 radical (unpaired) electrons. The summed E-state index contributed by atoms with van der Waals surface area (Å²) < 4.78 is 69.7. The molecule has 0 bridgehead atoms. The minimum absolute atomic E-state index is 0.0195. The van der Waals surface area contributed by atoms with E-state index in [1.165, 1.54) is 12.1 Å². The summed E-state index contributed by atoms with van der Waals surface area (Å²) in [4.78, 5) is 4.28. The van der Waals surface area contributed by atoms with Crippen LogP contribution in [0.5, 0.6) is 5.75 Å². The van der Waals surface area contributed by atoms with Gasteiger partial charge < -0.3 is 9.84 Å². The third-order valence-corrected chi connectivity index (χ3v) is 6.52. The number of hydrogen-bond donors (Lipinski definition) is 2. The van der Waals surface area contributed by atoms with Crippen LogP contribution in [0.3, 0.4) is 0 Å². The molecule has 0 aliphatic carbocycles. The molecule has 0 spiro atoms. The SMILES string of the molecule is O=S(=O)(CC(F)(F)F)Nc1ccccc1-c1ccc2c(c1)OCC(Cc1ccccn1)C2O. The summed E-state index contributed by atoms with van der Waals surface area (Å²) in [7, 11) is -4.64. The molecule has 1 aliphatic rings. The molecule has 10 heteroatoms. The number of rotatable bonds is 6. The molecule has 2 aromatic carbocycles.